The second kappa shape index (κ2) is 4.23. The lowest BCUT2D eigenvalue weighted by Crippen LogP contribution is -1.95. The number of benzene rings is 1. The smallest absolute Gasteiger partial charge is 0.194 e. The van der Waals surface area contributed by atoms with Gasteiger partial charge in [0.05, 0.1) is 11.4 Å². The minimum Gasteiger partial charge on any atom is -0.325 e. The van der Waals surface area contributed by atoms with Crippen LogP contribution in [0.2, 0.25) is 0 Å². The Morgan fingerprint density at radius 3 is 2.61 bits per heavy atom. The maximum absolute atomic E-state index is 5.65. The van der Waals surface area contributed by atoms with Crippen molar-refractivity contribution in [1.82, 2.24) is 9.38 Å². The zero-order chi connectivity index (χ0) is 12.7. The number of thiazole rings is 1. The van der Waals surface area contributed by atoms with Crippen molar-refractivity contribution < 1.29 is 0 Å². The van der Waals surface area contributed by atoms with Crippen LogP contribution in [-0.4, -0.2) is 9.38 Å². The second-order valence-corrected chi connectivity index (χ2v) is 5.64. The average Bonchev–Trinajstić information content (AvgIpc) is 2.87. The van der Waals surface area contributed by atoms with Crippen LogP contribution in [-0.2, 0) is 6.54 Å². The van der Waals surface area contributed by atoms with Crippen molar-refractivity contribution >= 4 is 16.3 Å². The molecule has 0 bridgehead atoms. The van der Waals surface area contributed by atoms with Gasteiger partial charge in [0.15, 0.2) is 4.96 Å². The zero-order valence-electron chi connectivity index (χ0n) is 10.5. The van der Waals surface area contributed by atoms with Crippen molar-refractivity contribution in [2.75, 3.05) is 0 Å². The minimum absolute atomic E-state index is 0.487. The molecule has 0 unspecified atom stereocenters. The maximum Gasteiger partial charge on any atom is 0.194 e. The summed E-state index contributed by atoms with van der Waals surface area (Å²) < 4.78 is 2.15. The van der Waals surface area contributed by atoms with E-state index >= 15 is 0 Å². The molecule has 2 aromatic heterocycles. The summed E-state index contributed by atoms with van der Waals surface area (Å²) in [5, 5.41) is 0. The second-order valence-electron chi connectivity index (χ2n) is 4.46. The van der Waals surface area contributed by atoms with Gasteiger partial charge in [0.25, 0.3) is 0 Å². The topological polar surface area (TPSA) is 43.3 Å². The van der Waals surface area contributed by atoms with E-state index in [2.05, 4.69) is 47.5 Å². The van der Waals surface area contributed by atoms with Gasteiger partial charge in [0.2, 0.25) is 0 Å². The van der Waals surface area contributed by atoms with E-state index in [1.165, 1.54) is 21.7 Å². The van der Waals surface area contributed by atoms with Crippen LogP contribution in [0, 0.1) is 13.8 Å². The van der Waals surface area contributed by atoms with E-state index in [0.29, 0.717) is 6.54 Å². The lowest BCUT2D eigenvalue weighted by Gasteiger charge is -2.02. The first-order valence-corrected chi connectivity index (χ1v) is 6.75. The first kappa shape index (κ1) is 11.4. The largest absolute Gasteiger partial charge is 0.325 e. The molecule has 0 saturated heterocycles. The Labute approximate surface area is 110 Å². The summed E-state index contributed by atoms with van der Waals surface area (Å²) in [4.78, 5) is 6.81. The molecule has 0 amide bonds. The number of rotatable bonds is 2. The Kier molecular flexibility index (Phi) is 2.69. The number of nitrogens with two attached hydrogens (primary N) is 1. The quantitative estimate of drug-likeness (QED) is 0.766. The lowest BCUT2D eigenvalue weighted by molar-refractivity contribution is 1.02. The predicted molar refractivity (Wildman–Crippen MR) is 75.9 cm³/mol. The van der Waals surface area contributed by atoms with Crippen LogP contribution >= 0.6 is 11.3 Å². The maximum atomic E-state index is 5.65. The summed E-state index contributed by atoms with van der Waals surface area (Å²) in [7, 11) is 0. The molecule has 3 rings (SSSR count). The number of hydrogen-bond acceptors (Lipinski definition) is 3. The molecule has 18 heavy (non-hydrogen) atoms. The molecule has 3 nitrogen and oxygen atoms in total. The van der Waals surface area contributed by atoms with E-state index in [1.807, 2.05) is 6.20 Å². The summed E-state index contributed by atoms with van der Waals surface area (Å²) in [6, 6.07) is 8.59. The third-order valence-electron chi connectivity index (χ3n) is 3.08. The molecule has 0 radical (unpaired) electrons. The fourth-order valence-corrected chi connectivity index (χ4v) is 3.14. The van der Waals surface area contributed by atoms with Crippen molar-refractivity contribution in [3.63, 3.8) is 0 Å². The molecule has 0 aliphatic carbocycles. The third-order valence-corrected chi connectivity index (χ3v) is 4.05. The summed E-state index contributed by atoms with van der Waals surface area (Å²) in [5.74, 6) is 0. The van der Waals surface area contributed by atoms with Crippen LogP contribution in [0.25, 0.3) is 16.2 Å². The Hall–Kier alpha value is -1.65. The molecule has 0 fully saturated rings. The van der Waals surface area contributed by atoms with Gasteiger partial charge in [0.1, 0.15) is 0 Å². The highest BCUT2D eigenvalue weighted by Crippen LogP contribution is 2.31. The Balaban J connectivity index is 2.23. The molecular formula is C14H15N3S. The molecule has 0 saturated carbocycles. The van der Waals surface area contributed by atoms with E-state index < -0.39 is 0 Å². The van der Waals surface area contributed by atoms with Gasteiger partial charge in [-0.05, 0) is 19.4 Å². The van der Waals surface area contributed by atoms with Gasteiger partial charge in [-0.25, -0.2) is 4.98 Å². The molecule has 0 atom stereocenters. The zero-order valence-corrected chi connectivity index (χ0v) is 11.3. The number of imidazole rings is 1. The van der Waals surface area contributed by atoms with Gasteiger partial charge >= 0.3 is 0 Å². The van der Waals surface area contributed by atoms with Crippen LogP contribution < -0.4 is 5.73 Å². The molecule has 1 aromatic carbocycles. The van der Waals surface area contributed by atoms with Gasteiger partial charge in [-0.1, -0.05) is 29.8 Å². The predicted octanol–water partition coefficient (Wildman–Crippen LogP) is 3.14. The Bertz CT molecular complexity index is 692. The molecule has 4 heteroatoms. The highest BCUT2D eigenvalue weighted by atomic mass is 32.1. The van der Waals surface area contributed by atoms with Gasteiger partial charge < -0.3 is 5.73 Å². The molecule has 2 N–H and O–H groups in total. The standard InChI is InChI=1S/C14H15N3S/c1-9-3-5-11(6-4-9)13-10(2)18-14-16-12(7-15)8-17(13)14/h3-6,8H,7,15H2,1-2H3. The van der Waals surface area contributed by atoms with Crippen LogP contribution in [0.1, 0.15) is 16.1 Å². The number of hydrogen-bond donors (Lipinski definition) is 1. The summed E-state index contributed by atoms with van der Waals surface area (Å²) in [5.41, 5.74) is 10.3. The summed E-state index contributed by atoms with van der Waals surface area (Å²) in [6.45, 7) is 4.72. The number of fused-ring (bicyclic) bond motifs is 1. The molecule has 0 aliphatic rings. The first-order valence-electron chi connectivity index (χ1n) is 5.93. The van der Waals surface area contributed by atoms with Gasteiger partial charge in [-0.3, -0.25) is 4.40 Å². The summed E-state index contributed by atoms with van der Waals surface area (Å²) >= 11 is 1.71. The van der Waals surface area contributed by atoms with E-state index in [4.69, 9.17) is 5.73 Å². The molecule has 92 valence electrons. The van der Waals surface area contributed by atoms with Crippen LogP contribution in [0.4, 0.5) is 0 Å². The van der Waals surface area contributed by atoms with E-state index in [0.717, 1.165) is 10.7 Å². The molecule has 0 aliphatic heterocycles. The third kappa shape index (κ3) is 1.74. The van der Waals surface area contributed by atoms with Gasteiger partial charge in [-0.2, -0.15) is 0 Å². The van der Waals surface area contributed by atoms with E-state index in [-0.39, 0.29) is 0 Å². The molecule has 2 heterocycles. The normalized spacial score (nSPS) is 11.3. The van der Waals surface area contributed by atoms with Crippen molar-refractivity contribution in [3.05, 3.63) is 46.6 Å². The number of aromatic nitrogens is 2. The van der Waals surface area contributed by atoms with Gasteiger partial charge in [-0.15, -0.1) is 11.3 Å². The monoisotopic (exact) mass is 257 g/mol. The van der Waals surface area contributed by atoms with Gasteiger partial charge in [0, 0.05) is 17.6 Å². The van der Waals surface area contributed by atoms with E-state index in [9.17, 15) is 0 Å². The fourth-order valence-electron chi connectivity index (χ4n) is 2.15. The van der Waals surface area contributed by atoms with Crippen LogP contribution in [0.3, 0.4) is 0 Å². The van der Waals surface area contributed by atoms with Crippen molar-refractivity contribution in [2.24, 2.45) is 5.73 Å². The summed E-state index contributed by atoms with van der Waals surface area (Å²) in [6.07, 6.45) is 2.04. The fraction of sp³-hybridized carbons (Fsp3) is 0.214. The first-order chi connectivity index (χ1) is 8.69. The van der Waals surface area contributed by atoms with Crippen molar-refractivity contribution in [3.8, 4) is 11.3 Å². The van der Waals surface area contributed by atoms with Crippen molar-refractivity contribution in [2.45, 2.75) is 20.4 Å². The number of nitrogens with zero attached hydrogens (tertiary/aromatic N) is 2. The highest BCUT2D eigenvalue weighted by molar-refractivity contribution is 7.17. The Morgan fingerprint density at radius 1 is 1.22 bits per heavy atom. The van der Waals surface area contributed by atoms with Crippen LogP contribution in [0.15, 0.2) is 30.5 Å². The van der Waals surface area contributed by atoms with Crippen LogP contribution in [0.5, 0.6) is 0 Å². The minimum atomic E-state index is 0.487. The molecular weight excluding hydrogens is 242 g/mol. The average molecular weight is 257 g/mol. The lowest BCUT2D eigenvalue weighted by atomic mass is 10.1. The number of aryl methyl sites for hydroxylation is 2. The highest BCUT2D eigenvalue weighted by Gasteiger charge is 2.13. The SMILES string of the molecule is Cc1ccc(-c2c(C)sc3nc(CN)cn23)cc1. The Morgan fingerprint density at radius 2 is 1.94 bits per heavy atom. The van der Waals surface area contributed by atoms with E-state index in [1.54, 1.807) is 11.3 Å². The molecule has 3 aromatic rings. The molecule has 0 spiro atoms. The van der Waals surface area contributed by atoms with Crippen molar-refractivity contribution in [1.29, 1.82) is 0 Å².